The molecule has 0 bridgehead atoms. The average molecular weight is 435 g/mol. The number of aromatic nitrogens is 3. The van der Waals surface area contributed by atoms with Gasteiger partial charge in [0.25, 0.3) is 5.91 Å². The molecule has 1 atom stereocenters. The highest BCUT2D eigenvalue weighted by atomic mass is 32.1. The lowest BCUT2D eigenvalue weighted by molar-refractivity contribution is 0.0951. The van der Waals surface area contributed by atoms with E-state index < -0.39 is 0 Å². The lowest BCUT2D eigenvalue weighted by Gasteiger charge is -2.11. The van der Waals surface area contributed by atoms with E-state index in [2.05, 4.69) is 20.5 Å². The molecule has 0 saturated heterocycles. The van der Waals surface area contributed by atoms with Gasteiger partial charge in [0.2, 0.25) is 0 Å². The van der Waals surface area contributed by atoms with E-state index >= 15 is 0 Å². The molecule has 0 saturated carbocycles. The number of H-pyrrole nitrogens is 1. The SMILES string of the molecule is Cc1cc(COc2ccc(C(=O)NCC(C)c3n[nH]c(=O)s3)cc2)c2ccccc2n1. The van der Waals surface area contributed by atoms with Crippen LogP contribution in [0.1, 0.15) is 39.5 Å². The van der Waals surface area contributed by atoms with Crippen molar-refractivity contribution in [3.8, 4) is 5.75 Å². The molecule has 2 N–H and O–H groups in total. The fourth-order valence-electron chi connectivity index (χ4n) is 3.27. The molecule has 158 valence electrons. The van der Waals surface area contributed by atoms with Crippen LogP contribution in [0.5, 0.6) is 5.75 Å². The molecule has 2 aromatic heterocycles. The molecule has 0 fully saturated rings. The number of rotatable bonds is 7. The van der Waals surface area contributed by atoms with Crippen LogP contribution >= 0.6 is 11.3 Å². The number of fused-ring (bicyclic) bond motifs is 1. The summed E-state index contributed by atoms with van der Waals surface area (Å²) in [6.07, 6.45) is 0. The number of carbonyl (C=O) groups excluding carboxylic acids is 1. The van der Waals surface area contributed by atoms with Crippen LogP contribution in [0.3, 0.4) is 0 Å². The van der Waals surface area contributed by atoms with Gasteiger partial charge < -0.3 is 10.1 Å². The van der Waals surface area contributed by atoms with Crippen molar-refractivity contribution in [2.75, 3.05) is 6.54 Å². The zero-order chi connectivity index (χ0) is 21.8. The summed E-state index contributed by atoms with van der Waals surface area (Å²) >= 11 is 1.06. The highest BCUT2D eigenvalue weighted by Crippen LogP contribution is 2.21. The summed E-state index contributed by atoms with van der Waals surface area (Å²) in [4.78, 5) is 28.0. The molecule has 8 heteroatoms. The van der Waals surface area contributed by atoms with Gasteiger partial charge in [0, 0.05) is 34.7 Å². The van der Waals surface area contributed by atoms with Crippen molar-refractivity contribution in [1.29, 1.82) is 0 Å². The minimum atomic E-state index is -0.196. The normalized spacial score (nSPS) is 11.9. The molecule has 31 heavy (non-hydrogen) atoms. The number of pyridine rings is 1. The molecule has 1 amide bonds. The largest absolute Gasteiger partial charge is 0.489 e. The second-order valence-electron chi connectivity index (χ2n) is 7.32. The quantitative estimate of drug-likeness (QED) is 0.461. The molecule has 4 rings (SSSR count). The van der Waals surface area contributed by atoms with Crippen LogP contribution in [0.2, 0.25) is 0 Å². The number of carbonyl (C=O) groups is 1. The summed E-state index contributed by atoms with van der Waals surface area (Å²) in [7, 11) is 0. The number of aromatic amines is 1. The van der Waals surface area contributed by atoms with Crippen molar-refractivity contribution in [3.63, 3.8) is 0 Å². The number of para-hydroxylation sites is 1. The van der Waals surface area contributed by atoms with Gasteiger partial charge in [-0.25, -0.2) is 5.10 Å². The molecule has 7 nitrogen and oxygen atoms in total. The lowest BCUT2D eigenvalue weighted by atomic mass is 10.1. The van der Waals surface area contributed by atoms with Gasteiger partial charge in [0.15, 0.2) is 0 Å². The molecule has 4 aromatic rings. The molecule has 0 radical (unpaired) electrons. The number of nitrogens with zero attached hydrogens (tertiary/aromatic N) is 2. The third-order valence-electron chi connectivity index (χ3n) is 4.89. The molecule has 0 aliphatic rings. The summed E-state index contributed by atoms with van der Waals surface area (Å²) in [6, 6.07) is 17.1. The maximum Gasteiger partial charge on any atom is 0.322 e. The summed E-state index contributed by atoms with van der Waals surface area (Å²) < 4.78 is 5.95. The first kappa shape index (κ1) is 20.7. The molecular formula is C23H22N4O3S. The van der Waals surface area contributed by atoms with Crippen molar-refractivity contribution in [1.82, 2.24) is 20.5 Å². The smallest absolute Gasteiger partial charge is 0.322 e. The number of nitrogens with one attached hydrogen (secondary N) is 2. The lowest BCUT2D eigenvalue weighted by Crippen LogP contribution is -2.27. The minimum absolute atomic E-state index is 0.0471. The Morgan fingerprint density at radius 3 is 2.71 bits per heavy atom. The van der Waals surface area contributed by atoms with Gasteiger partial charge in [-0.3, -0.25) is 14.6 Å². The van der Waals surface area contributed by atoms with E-state index in [-0.39, 0.29) is 16.7 Å². The topological polar surface area (TPSA) is 97.0 Å². The first-order chi connectivity index (χ1) is 15.0. The number of hydrogen-bond acceptors (Lipinski definition) is 6. The van der Waals surface area contributed by atoms with E-state index in [1.807, 2.05) is 44.2 Å². The van der Waals surface area contributed by atoms with E-state index in [9.17, 15) is 9.59 Å². The summed E-state index contributed by atoms with van der Waals surface area (Å²) in [5.41, 5.74) is 3.50. The molecule has 0 spiro atoms. The van der Waals surface area contributed by atoms with Gasteiger partial charge in [-0.05, 0) is 43.3 Å². The van der Waals surface area contributed by atoms with E-state index in [1.54, 1.807) is 24.3 Å². The van der Waals surface area contributed by atoms with E-state index in [4.69, 9.17) is 4.74 Å². The van der Waals surface area contributed by atoms with Gasteiger partial charge in [-0.2, -0.15) is 5.10 Å². The van der Waals surface area contributed by atoms with Crippen LogP contribution in [0, 0.1) is 6.92 Å². The predicted molar refractivity (Wildman–Crippen MR) is 121 cm³/mol. The monoisotopic (exact) mass is 434 g/mol. The van der Waals surface area contributed by atoms with Gasteiger partial charge in [0.05, 0.1) is 5.52 Å². The molecule has 0 aliphatic carbocycles. The van der Waals surface area contributed by atoms with Gasteiger partial charge in [0.1, 0.15) is 17.4 Å². The fourth-order valence-corrected chi connectivity index (χ4v) is 3.92. The summed E-state index contributed by atoms with van der Waals surface area (Å²) in [5.74, 6) is 0.455. The van der Waals surface area contributed by atoms with E-state index in [1.165, 1.54) is 0 Å². The number of benzene rings is 2. The van der Waals surface area contributed by atoms with Crippen LogP contribution in [0.15, 0.2) is 59.4 Å². The number of amides is 1. The maximum atomic E-state index is 12.4. The Balaban J connectivity index is 1.36. The van der Waals surface area contributed by atoms with Gasteiger partial charge in [-0.1, -0.05) is 36.5 Å². The van der Waals surface area contributed by atoms with Crippen molar-refractivity contribution in [3.05, 3.63) is 86.1 Å². The third-order valence-corrected chi connectivity index (χ3v) is 5.87. The highest BCUT2D eigenvalue weighted by molar-refractivity contribution is 7.08. The van der Waals surface area contributed by atoms with Crippen LogP contribution in [-0.4, -0.2) is 27.6 Å². The van der Waals surface area contributed by atoms with E-state index in [0.717, 1.165) is 33.5 Å². The molecule has 2 heterocycles. The van der Waals surface area contributed by atoms with E-state index in [0.29, 0.717) is 29.5 Å². The van der Waals surface area contributed by atoms with Crippen LogP contribution in [0.4, 0.5) is 0 Å². The first-order valence-corrected chi connectivity index (χ1v) is 10.7. The van der Waals surface area contributed by atoms with Crippen LogP contribution in [0.25, 0.3) is 10.9 Å². The third kappa shape index (κ3) is 4.97. The second kappa shape index (κ2) is 9.09. The average Bonchev–Trinajstić information content (AvgIpc) is 3.22. The van der Waals surface area contributed by atoms with Crippen LogP contribution in [-0.2, 0) is 6.61 Å². The Kier molecular flexibility index (Phi) is 6.08. The minimum Gasteiger partial charge on any atom is -0.489 e. The van der Waals surface area contributed by atoms with Crippen molar-refractivity contribution in [2.45, 2.75) is 26.4 Å². The highest BCUT2D eigenvalue weighted by Gasteiger charge is 2.13. The van der Waals surface area contributed by atoms with Crippen molar-refractivity contribution < 1.29 is 9.53 Å². The Bertz CT molecular complexity index is 1260. The first-order valence-electron chi connectivity index (χ1n) is 9.91. The molecule has 1 unspecified atom stereocenters. The zero-order valence-corrected chi connectivity index (χ0v) is 18.0. The van der Waals surface area contributed by atoms with Gasteiger partial charge >= 0.3 is 4.87 Å². The van der Waals surface area contributed by atoms with Gasteiger partial charge in [-0.15, -0.1) is 0 Å². The Hall–Kier alpha value is -3.52. The fraction of sp³-hybridized carbons (Fsp3) is 0.217. The molecule has 0 aliphatic heterocycles. The number of aryl methyl sites for hydroxylation is 1. The van der Waals surface area contributed by atoms with Crippen molar-refractivity contribution >= 4 is 28.1 Å². The number of ether oxygens (including phenoxy) is 1. The second-order valence-corrected chi connectivity index (χ2v) is 8.31. The maximum absolute atomic E-state index is 12.4. The Morgan fingerprint density at radius 2 is 1.97 bits per heavy atom. The standard InChI is InChI=1S/C23H22N4O3S/c1-14(22-26-27-23(29)31-22)12-24-21(28)16-7-9-18(10-8-16)30-13-17-11-15(2)25-20-6-4-3-5-19(17)20/h3-11,14H,12-13H2,1-2H3,(H,24,28)(H,27,29). The zero-order valence-electron chi connectivity index (χ0n) is 17.2. The summed E-state index contributed by atoms with van der Waals surface area (Å²) in [6.45, 7) is 4.69. The molecule has 2 aromatic carbocycles. The Labute approximate surface area is 183 Å². The predicted octanol–water partition coefficient (Wildman–Crippen LogP) is 3.80. The van der Waals surface area contributed by atoms with Crippen molar-refractivity contribution in [2.24, 2.45) is 0 Å². The van der Waals surface area contributed by atoms with Crippen LogP contribution < -0.4 is 14.9 Å². The summed E-state index contributed by atoms with van der Waals surface area (Å²) in [5, 5.41) is 11.0. The Morgan fingerprint density at radius 1 is 1.19 bits per heavy atom. The molecular weight excluding hydrogens is 412 g/mol. The number of hydrogen-bond donors (Lipinski definition) is 2.